The second kappa shape index (κ2) is 5.00. The number of hydrogen-bond donors (Lipinski definition) is 2. The lowest BCUT2D eigenvalue weighted by atomic mass is 9.80. The van der Waals surface area contributed by atoms with Crippen LogP contribution in [0, 0.1) is 0 Å². The predicted octanol–water partition coefficient (Wildman–Crippen LogP) is 4.02. The Morgan fingerprint density at radius 3 is 2.20 bits per heavy atom. The number of rotatable bonds is 3. The molecule has 0 heterocycles. The third kappa shape index (κ3) is 2.27. The summed E-state index contributed by atoms with van der Waals surface area (Å²) in [6, 6.07) is 12.9. The van der Waals surface area contributed by atoms with Gasteiger partial charge in [-0.25, -0.2) is 4.79 Å². The Morgan fingerprint density at radius 1 is 1.00 bits per heavy atom. The molecule has 102 valence electrons. The van der Waals surface area contributed by atoms with Crippen molar-refractivity contribution in [2.45, 2.75) is 25.2 Å². The fraction of sp³-hybridized carbons (Fsp3) is 0.235. The number of carboxylic acids is 1. The van der Waals surface area contributed by atoms with Crippen LogP contribution in [0.1, 0.15) is 41.1 Å². The summed E-state index contributed by atoms with van der Waals surface area (Å²) in [7, 11) is 0. The summed E-state index contributed by atoms with van der Waals surface area (Å²) in [5, 5.41) is 18.6. The average Bonchev–Trinajstić information content (AvgIpc) is 2.38. The molecule has 0 aromatic heterocycles. The fourth-order valence-electron chi connectivity index (χ4n) is 2.58. The highest BCUT2D eigenvalue weighted by Gasteiger charge is 2.19. The van der Waals surface area contributed by atoms with Crippen LogP contribution in [0.3, 0.4) is 0 Å². The molecule has 1 fully saturated rings. The number of hydrogen-bond acceptors (Lipinski definition) is 2. The van der Waals surface area contributed by atoms with Gasteiger partial charge >= 0.3 is 5.97 Å². The minimum Gasteiger partial charge on any atom is -0.507 e. The molecule has 20 heavy (non-hydrogen) atoms. The number of carbonyl (C=O) groups is 1. The van der Waals surface area contributed by atoms with Gasteiger partial charge in [0, 0.05) is 0 Å². The molecule has 1 aliphatic rings. The fourth-order valence-corrected chi connectivity index (χ4v) is 2.58. The number of aromatic hydroxyl groups is 1. The minimum absolute atomic E-state index is 0.0643. The molecule has 2 aromatic carbocycles. The highest BCUT2D eigenvalue weighted by atomic mass is 16.4. The maximum absolute atomic E-state index is 11.0. The van der Waals surface area contributed by atoms with Crippen LogP contribution in [-0.2, 0) is 0 Å². The molecule has 3 rings (SSSR count). The normalized spacial score (nSPS) is 14.8. The summed E-state index contributed by atoms with van der Waals surface area (Å²) in [5.41, 5.74) is 3.07. The SMILES string of the molecule is O=C(O)c1cc(-c2ccc(C3CCC3)cc2)ccc1O. The van der Waals surface area contributed by atoms with Gasteiger partial charge in [0.15, 0.2) is 0 Å². The second-order valence-electron chi connectivity index (χ2n) is 5.29. The Hall–Kier alpha value is -2.29. The maximum atomic E-state index is 11.0. The van der Waals surface area contributed by atoms with E-state index in [0.29, 0.717) is 5.92 Å². The van der Waals surface area contributed by atoms with Crippen LogP contribution in [0.4, 0.5) is 0 Å². The van der Waals surface area contributed by atoms with E-state index < -0.39 is 5.97 Å². The van der Waals surface area contributed by atoms with Gasteiger partial charge in [0.1, 0.15) is 11.3 Å². The molecule has 3 nitrogen and oxygen atoms in total. The summed E-state index contributed by atoms with van der Waals surface area (Å²) in [5.74, 6) is -0.624. The second-order valence-corrected chi connectivity index (χ2v) is 5.29. The zero-order valence-electron chi connectivity index (χ0n) is 11.0. The Morgan fingerprint density at radius 2 is 1.65 bits per heavy atom. The van der Waals surface area contributed by atoms with Gasteiger partial charge in [0.2, 0.25) is 0 Å². The van der Waals surface area contributed by atoms with Crippen LogP contribution < -0.4 is 0 Å². The van der Waals surface area contributed by atoms with E-state index in [-0.39, 0.29) is 11.3 Å². The number of carboxylic acid groups (broad SMARTS) is 1. The van der Waals surface area contributed by atoms with E-state index in [1.165, 1.54) is 37.0 Å². The van der Waals surface area contributed by atoms with Crippen LogP contribution >= 0.6 is 0 Å². The lowest BCUT2D eigenvalue weighted by Gasteiger charge is -2.25. The van der Waals surface area contributed by atoms with Crippen molar-refractivity contribution in [3.05, 3.63) is 53.6 Å². The number of aromatic carboxylic acids is 1. The van der Waals surface area contributed by atoms with Crippen molar-refractivity contribution in [2.75, 3.05) is 0 Å². The number of phenols is 1. The summed E-state index contributed by atoms with van der Waals surface area (Å²) < 4.78 is 0. The molecule has 0 amide bonds. The monoisotopic (exact) mass is 268 g/mol. The molecule has 1 saturated carbocycles. The zero-order chi connectivity index (χ0) is 14.1. The topological polar surface area (TPSA) is 57.5 Å². The standard InChI is InChI=1S/C17H16O3/c18-16-9-8-14(10-15(16)17(19)20)13-6-4-12(5-7-13)11-2-1-3-11/h4-11,18H,1-3H2,(H,19,20). The van der Waals surface area contributed by atoms with Crippen LogP contribution in [-0.4, -0.2) is 16.2 Å². The summed E-state index contributed by atoms with van der Waals surface area (Å²) in [6.07, 6.45) is 3.84. The Kier molecular flexibility index (Phi) is 3.18. The molecule has 0 aliphatic heterocycles. The molecule has 0 saturated heterocycles. The van der Waals surface area contributed by atoms with Gasteiger partial charge in [-0.05, 0) is 47.6 Å². The smallest absolute Gasteiger partial charge is 0.339 e. The van der Waals surface area contributed by atoms with Crippen molar-refractivity contribution in [3.8, 4) is 16.9 Å². The molecule has 0 atom stereocenters. The first-order valence-electron chi connectivity index (χ1n) is 6.82. The van der Waals surface area contributed by atoms with Crippen molar-refractivity contribution < 1.29 is 15.0 Å². The molecule has 2 N–H and O–H groups in total. The number of benzene rings is 2. The maximum Gasteiger partial charge on any atom is 0.339 e. The van der Waals surface area contributed by atoms with Crippen LogP contribution in [0.15, 0.2) is 42.5 Å². The Labute approximate surface area is 117 Å². The van der Waals surface area contributed by atoms with Gasteiger partial charge in [-0.2, -0.15) is 0 Å². The van der Waals surface area contributed by atoms with E-state index in [9.17, 15) is 9.90 Å². The molecule has 0 radical (unpaired) electrons. The summed E-state index contributed by atoms with van der Waals surface area (Å²) >= 11 is 0. The van der Waals surface area contributed by atoms with E-state index in [2.05, 4.69) is 12.1 Å². The van der Waals surface area contributed by atoms with E-state index in [4.69, 9.17) is 5.11 Å². The molecule has 0 bridgehead atoms. The quantitative estimate of drug-likeness (QED) is 0.883. The van der Waals surface area contributed by atoms with Crippen molar-refractivity contribution >= 4 is 5.97 Å². The molecular weight excluding hydrogens is 252 g/mol. The molecule has 0 spiro atoms. The zero-order valence-corrected chi connectivity index (χ0v) is 11.0. The van der Waals surface area contributed by atoms with E-state index >= 15 is 0 Å². The molecular formula is C17H16O3. The van der Waals surface area contributed by atoms with Crippen LogP contribution in [0.5, 0.6) is 5.75 Å². The van der Waals surface area contributed by atoms with Crippen molar-refractivity contribution in [3.63, 3.8) is 0 Å². The first kappa shape index (κ1) is 12.7. The highest BCUT2D eigenvalue weighted by Crippen LogP contribution is 2.37. The predicted molar refractivity (Wildman–Crippen MR) is 77.1 cm³/mol. The summed E-state index contributed by atoms with van der Waals surface area (Å²) in [6.45, 7) is 0. The van der Waals surface area contributed by atoms with Gasteiger partial charge in [0.25, 0.3) is 0 Å². The van der Waals surface area contributed by atoms with Gasteiger partial charge in [-0.1, -0.05) is 36.8 Å². The van der Waals surface area contributed by atoms with Gasteiger partial charge in [-0.3, -0.25) is 0 Å². The molecule has 2 aromatic rings. The van der Waals surface area contributed by atoms with Gasteiger partial charge in [-0.15, -0.1) is 0 Å². The summed E-state index contributed by atoms with van der Waals surface area (Å²) in [4.78, 5) is 11.0. The van der Waals surface area contributed by atoms with E-state index in [0.717, 1.165) is 11.1 Å². The van der Waals surface area contributed by atoms with Crippen LogP contribution in [0.2, 0.25) is 0 Å². The molecule has 1 aliphatic carbocycles. The van der Waals surface area contributed by atoms with E-state index in [1.54, 1.807) is 6.07 Å². The van der Waals surface area contributed by atoms with Crippen molar-refractivity contribution in [2.24, 2.45) is 0 Å². The first-order chi connectivity index (χ1) is 9.65. The highest BCUT2D eigenvalue weighted by molar-refractivity contribution is 5.92. The third-order valence-electron chi connectivity index (χ3n) is 4.05. The largest absolute Gasteiger partial charge is 0.507 e. The lowest BCUT2D eigenvalue weighted by molar-refractivity contribution is 0.0694. The molecule has 3 heteroatoms. The van der Waals surface area contributed by atoms with Crippen LogP contribution in [0.25, 0.3) is 11.1 Å². The lowest BCUT2D eigenvalue weighted by Crippen LogP contribution is -2.08. The Bertz CT molecular complexity index is 640. The molecule has 0 unspecified atom stereocenters. The average molecular weight is 268 g/mol. The van der Waals surface area contributed by atoms with E-state index in [1.807, 2.05) is 12.1 Å². The minimum atomic E-state index is -1.12. The van der Waals surface area contributed by atoms with Crippen molar-refractivity contribution in [1.29, 1.82) is 0 Å². The Balaban J connectivity index is 1.92. The van der Waals surface area contributed by atoms with Gasteiger partial charge < -0.3 is 10.2 Å². The van der Waals surface area contributed by atoms with Gasteiger partial charge in [0.05, 0.1) is 0 Å². The van der Waals surface area contributed by atoms with Crippen molar-refractivity contribution in [1.82, 2.24) is 0 Å². The first-order valence-corrected chi connectivity index (χ1v) is 6.82. The third-order valence-corrected chi connectivity index (χ3v) is 4.05.